The average Bonchev–Trinajstić information content (AvgIpc) is 3.43. The first kappa shape index (κ1) is 21.1. The number of carbonyl (C=O) groups is 1. The largest absolute Gasteiger partial charge is 0.322 e. The fraction of sp³-hybridized carbons (Fsp3) is 0.222. The van der Waals surface area contributed by atoms with E-state index in [-0.39, 0.29) is 17.7 Å². The monoisotopic (exact) mass is 475 g/mol. The lowest BCUT2D eigenvalue weighted by molar-refractivity contribution is 0.194. The minimum absolute atomic E-state index is 0.280. The predicted octanol–water partition coefficient (Wildman–Crippen LogP) is 6.83. The number of benzene rings is 2. The number of halogens is 2. The SMILES string of the molecule is O=C(Nc1ccc(F)cc1)N1Cc2c(sc3c2CCCC3)-n2cccc2C1c1ccc(F)cc1. The molecule has 2 aromatic heterocycles. The molecule has 1 N–H and O–H groups in total. The maximum atomic E-state index is 13.8. The number of fused-ring (bicyclic) bond motifs is 5. The highest BCUT2D eigenvalue weighted by atomic mass is 32.1. The molecule has 0 radical (unpaired) electrons. The standard InChI is InChI=1S/C27H23F2N3OS/c28-18-9-7-17(8-10-18)25-23-5-3-15-31(23)26-22(21-4-1-2-6-24(21)34-26)16-32(25)27(33)30-20-13-11-19(29)12-14-20/h3,5,7-15,25H,1-2,4,6,16H2,(H,30,33). The zero-order valence-electron chi connectivity index (χ0n) is 18.4. The number of urea groups is 1. The number of nitrogens with zero attached hydrogens (tertiary/aromatic N) is 2. The fourth-order valence-corrected chi connectivity index (χ4v) is 6.51. The number of rotatable bonds is 2. The van der Waals surface area contributed by atoms with Crippen molar-refractivity contribution in [3.8, 4) is 5.00 Å². The Labute approximate surface area is 200 Å². The topological polar surface area (TPSA) is 37.3 Å². The molecule has 0 saturated heterocycles. The molecule has 2 amide bonds. The smallest absolute Gasteiger partial charge is 0.310 e. The summed E-state index contributed by atoms with van der Waals surface area (Å²) in [5, 5.41) is 4.11. The van der Waals surface area contributed by atoms with Gasteiger partial charge < -0.3 is 14.8 Å². The van der Waals surface area contributed by atoms with Gasteiger partial charge >= 0.3 is 6.03 Å². The summed E-state index contributed by atoms with van der Waals surface area (Å²) in [6.45, 7) is 0.442. The summed E-state index contributed by atoms with van der Waals surface area (Å²) < 4.78 is 29.4. The number of anilines is 1. The Kier molecular flexibility index (Phi) is 5.21. The molecule has 1 unspecified atom stereocenters. The molecule has 4 nitrogen and oxygen atoms in total. The molecule has 7 heteroatoms. The lowest BCUT2D eigenvalue weighted by atomic mass is 9.95. The first-order valence-electron chi connectivity index (χ1n) is 11.5. The number of carbonyl (C=O) groups excluding carboxylic acids is 1. The predicted molar refractivity (Wildman–Crippen MR) is 129 cm³/mol. The molecule has 1 aliphatic carbocycles. The molecule has 0 spiro atoms. The minimum Gasteiger partial charge on any atom is -0.310 e. The lowest BCUT2D eigenvalue weighted by Gasteiger charge is -2.31. The Morgan fingerprint density at radius 3 is 2.38 bits per heavy atom. The van der Waals surface area contributed by atoms with Gasteiger partial charge in [0.05, 0.1) is 18.3 Å². The molecule has 2 aliphatic rings. The van der Waals surface area contributed by atoms with Crippen LogP contribution in [0, 0.1) is 11.6 Å². The van der Waals surface area contributed by atoms with Crippen molar-refractivity contribution < 1.29 is 13.6 Å². The Morgan fingerprint density at radius 2 is 1.62 bits per heavy atom. The fourth-order valence-electron chi connectivity index (χ4n) is 5.11. The van der Waals surface area contributed by atoms with Gasteiger partial charge in [0.15, 0.2) is 0 Å². The molecule has 6 rings (SSSR count). The molecule has 172 valence electrons. The zero-order valence-corrected chi connectivity index (χ0v) is 19.2. The molecule has 0 saturated carbocycles. The lowest BCUT2D eigenvalue weighted by Crippen LogP contribution is -2.38. The Morgan fingerprint density at radius 1 is 0.912 bits per heavy atom. The van der Waals surface area contributed by atoms with Crippen LogP contribution >= 0.6 is 11.3 Å². The summed E-state index contributed by atoms with van der Waals surface area (Å²) in [6, 6.07) is 15.4. The van der Waals surface area contributed by atoms with Gasteiger partial charge in [0.1, 0.15) is 16.6 Å². The van der Waals surface area contributed by atoms with Crippen LogP contribution in [-0.2, 0) is 19.4 Å². The third kappa shape index (κ3) is 3.60. The second-order valence-electron chi connectivity index (χ2n) is 8.82. The van der Waals surface area contributed by atoms with Crippen LogP contribution in [-0.4, -0.2) is 15.5 Å². The Bertz CT molecular complexity index is 1360. The quantitative estimate of drug-likeness (QED) is 0.339. The van der Waals surface area contributed by atoms with Crippen molar-refractivity contribution in [1.82, 2.24) is 9.47 Å². The van der Waals surface area contributed by atoms with Crippen molar-refractivity contribution in [3.05, 3.63) is 106 Å². The molecule has 34 heavy (non-hydrogen) atoms. The third-order valence-electron chi connectivity index (χ3n) is 6.72. The summed E-state index contributed by atoms with van der Waals surface area (Å²) in [6.07, 6.45) is 6.49. The summed E-state index contributed by atoms with van der Waals surface area (Å²) >= 11 is 1.82. The number of aromatic nitrogens is 1. The van der Waals surface area contributed by atoms with Crippen molar-refractivity contribution in [2.24, 2.45) is 0 Å². The number of nitrogens with one attached hydrogen (secondary N) is 1. The van der Waals surface area contributed by atoms with Gasteiger partial charge in [0.25, 0.3) is 0 Å². The normalized spacial score (nSPS) is 16.9. The van der Waals surface area contributed by atoms with Crippen molar-refractivity contribution in [2.75, 3.05) is 5.32 Å². The number of amides is 2. The highest BCUT2D eigenvalue weighted by molar-refractivity contribution is 7.15. The summed E-state index contributed by atoms with van der Waals surface area (Å²) in [4.78, 5) is 17.0. The van der Waals surface area contributed by atoms with Crippen LogP contribution in [0.2, 0.25) is 0 Å². The maximum absolute atomic E-state index is 13.8. The van der Waals surface area contributed by atoms with E-state index >= 15 is 0 Å². The van der Waals surface area contributed by atoms with Crippen molar-refractivity contribution >= 4 is 23.1 Å². The highest BCUT2D eigenvalue weighted by Crippen LogP contribution is 2.44. The van der Waals surface area contributed by atoms with Gasteiger partial charge in [-0.25, -0.2) is 13.6 Å². The van der Waals surface area contributed by atoms with Crippen LogP contribution in [0.4, 0.5) is 19.3 Å². The third-order valence-corrected chi connectivity index (χ3v) is 8.05. The first-order valence-corrected chi connectivity index (χ1v) is 12.3. The van der Waals surface area contributed by atoms with E-state index in [0.717, 1.165) is 35.5 Å². The van der Waals surface area contributed by atoms with E-state index in [1.165, 1.54) is 46.7 Å². The van der Waals surface area contributed by atoms with E-state index in [1.54, 1.807) is 24.3 Å². The number of thiophene rings is 1. The van der Waals surface area contributed by atoms with Crippen LogP contribution in [0.5, 0.6) is 0 Å². The number of aryl methyl sites for hydroxylation is 1. The van der Waals surface area contributed by atoms with E-state index in [9.17, 15) is 13.6 Å². The van der Waals surface area contributed by atoms with E-state index in [0.29, 0.717) is 12.2 Å². The zero-order chi connectivity index (χ0) is 23.2. The van der Waals surface area contributed by atoms with Crippen molar-refractivity contribution in [1.29, 1.82) is 0 Å². The van der Waals surface area contributed by atoms with Gasteiger partial charge in [-0.3, -0.25) is 0 Å². The van der Waals surface area contributed by atoms with Gasteiger partial charge in [-0.05, 0) is 85.3 Å². The van der Waals surface area contributed by atoms with Gasteiger partial charge in [-0.15, -0.1) is 11.3 Å². The first-order chi connectivity index (χ1) is 16.6. The van der Waals surface area contributed by atoms with Crippen LogP contribution < -0.4 is 5.32 Å². The molecule has 3 heterocycles. The molecule has 1 atom stereocenters. The van der Waals surface area contributed by atoms with Gasteiger partial charge in [0, 0.05) is 22.3 Å². The minimum atomic E-state index is -0.408. The van der Waals surface area contributed by atoms with Crippen LogP contribution in [0.3, 0.4) is 0 Å². The molecule has 1 aliphatic heterocycles. The molecule has 2 aromatic carbocycles. The average molecular weight is 476 g/mol. The van der Waals surface area contributed by atoms with E-state index < -0.39 is 6.04 Å². The number of hydrogen-bond donors (Lipinski definition) is 1. The molecular weight excluding hydrogens is 452 g/mol. The van der Waals surface area contributed by atoms with E-state index in [1.807, 2.05) is 34.6 Å². The second-order valence-corrected chi connectivity index (χ2v) is 9.90. The second kappa shape index (κ2) is 8.40. The van der Waals surface area contributed by atoms with Crippen LogP contribution in [0.25, 0.3) is 5.00 Å². The van der Waals surface area contributed by atoms with Gasteiger partial charge in [-0.2, -0.15) is 0 Å². The van der Waals surface area contributed by atoms with Gasteiger partial charge in [-0.1, -0.05) is 12.1 Å². The molecule has 0 fully saturated rings. The van der Waals surface area contributed by atoms with Gasteiger partial charge in [0.2, 0.25) is 0 Å². The summed E-state index contributed by atoms with van der Waals surface area (Å²) in [5.41, 5.74) is 4.87. The Hall–Kier alpha value is -3.45. The molecular formula is C27H23F2N3OS. The molecule has 0 bridgehead atoms. The van der Waals surface area contributed by atoms with Crippen molar-refractivity contribution in [3.63, 3.8) is 0 Å². The summed E-state index contributed by atoms with van der Waals surface area (Å²) in [7, 11) is 0. The highest BCUT2D eigenvalue weighted by Gasteiger charge is 2.36. The van der Waals surface area contributed by atoms with Crippen LogP contribution in [0.1, 0.15) is 46.1 Å². The van der Waals surface area contributed by atoms with E-state index in [4.69, 9.17) is 0 Å². The molecule has 4 aromatic rings. The number of hydrogen-bond acceptors (Lipinski definition) is 2. The summed E-state index contributed by atoms with van der Waals surface area (Å²) in [5.74, 6) is -0.674. The van der Waals surface area contributed by atoms with Crippen molar-refractivity contribution in [2.45, 2.75) is 38.3 Å². The van der Waals surface area contributed by atoms with Crippen LogP contribution in [0.15, 0.2) is 66.9 Å². The van der Waals surface area contributed by atoms with E-state index in [2.05, 4.69) is 9.88 Å². The maximum Gasteiger partial charge on any atom is 0.322 e. The Balaban J connectivity index is 1.49.